The van der Waals surface area contributed by atoms with Gasteiger partial charge in [-0.05, 0) is 23.8 Å². The number of benzene rings is 1. The molecule has 1 rings (SSSR count). The third kappa shape index (κ3) is 3.98. The second-order valence-electron chi connectivity index (χ2n) is 3.32. The predicted molar refractivity (Wildman–Crippen MR) is 60.9 cm³/mol. The summed E-state index contributed by atoms with van der Waals surface area (Å²) < 4.78 is 4.98. The number of hydrogen-bond donors (Lipinski definition) is 2. The maximum absolute atomic E-state index is 10.8. The van der Waals surface area contributed by atoms with E-state index in [1.807, 2.05) is 0 Å². The maximum Gasteiger partial charge on any atom is 0.332 e. The van der Waals surface area contributed by atoms with Crippen LogP contribution in [-0.2, 0) is 9.59 Å². The molecular formula is C12H12O5. The number of hydrogen-bond acceptors (Lipinski definition) is 3. The minimum Gasteiger partial charge on any atom is -0.497 e. The van der Waals surface area contributed by atoms with Gasteiger partial charge in [-0.25, -0.2) is 4.79 Å². The maximum atomic E-state index is 10.8. The molecule has 0 spiro atoms. The van der Waals surface area contributed by atoms with Gasteiger partial charge in [-0.15, -0.1) is 0 Å². The Hall–Kier alpha value is -2.30. The van der Waals surface area contributed by atoms with Gasteiger partial charge in [0.2, 0.25) is 0 Å². The summed E-state index contributed by atoms with van der Waals surface area (Å²) in [6.45, 7) is 0. The minimum atomic E-state index is -1.24. The van der Waals surface area contributed by atoms with Crippen LogP contribution in [0.4, 0.5) is 0 Å². The zero-order chi connectivity index (χ0) is 12.8. The summed E-state index contributed by atoms with van der Waals surface area (Å²) in [7, 11) is 1.50. The fourth-order valence-electron chi connectivity index (χ4n) is 1.28. The molecule has 0 saturated heterocycles. The first-order chi connectivity index (χ1) is 8.02. The average molecular weight is 236 g/mol. The zero-order valence-electron chi connectivity index (χ0n) is 9.21. The molecule has 0 radical (unpaired) electrons. The van der Waals surface area contributed by atoms with Crippen LogP contribution in [0.25, 0.3) is 6.08 Å². The predicted octanol–water partition coefficient (Wildman–Crippen LogP) is 1.64. The fraction of sp³-hybridized carbons (Fsp3) is 0.167. The van der Waals surface area contributed by atoms with Gasteiger partial charge in [0.15, 0.2) is 0 Å². The summed E-state index contributed by atoms with van der Waals surface area (Å²) in [4.78, 5) is 21.3. The lowest BCUT2D eigenvalue weighted by atomic mass is 10.1. The van der Waals surface area contributed by atoms with Crippen LogP contribution in [0.2, 0.25) is 0 Å². The third-order valence-electron chi connectivity index (χ3n) is 2.05. The lowest BCUT2D eigenvalue weighted by Gasteiger charge is -2.02. The molecule has 0 aliphatic rings. The Labute approximate surface area is 98.0 Å². The minimum absolute atomic E-state index is 0.175. The van der Waals surface area contributed by atoms with Crippen molar-refractivity contribution in [3.63, 3.8) is 0 Å². The van der Waals surface area contributed by atoms with E-state index in [4.69, 9.17) is 14.9 Å². The van der Waals surface area contributed by atoms with Crippen LogP contribution in [0, 0.1) is 0 Å². The van der Waals surface area contributed by atoms with Crippen LogP contribution in [0.5, 0.6) is 5.75 Å². The van der Waals surface area contributed by atoms with E-state index in [9.17, 15) is 9.59 Å². The zero-order valence-corrected chi connectivity index (χ0v) is 9.21. The van der Waals surface area contributed by atoms with E-state index in [0.29, 0.717) is 11.3 Å². The summed E-state index contributed by atoms with van der Waals surface area (Å²) in [6.07, 6.45) is 0.797. The summed E-state index contributed by atoms with van der Waals surface area (Å²) in [6, 6.07) is 6.72. The Morgan fingerprint density at radius 1 is 1.35 bits per heavy atom. The van der Waals surface area contributed by atoms with Crippen molar-refractivity contribution < 1.29 is 24.5 Å². The van der Waals surface area contributed by atoms with Crippen LogP contribution in [0.15, 0.2) is 29.8 Å². The van der Waals surface area contributed by atoms with E-state index in [0.717, 1.165) is 0 Å². The number of aliphatic carboxylic acids is 2. The summed E-state index contributed by atoms with van der Waals surface area (Å²) in [5.74, 6) is -1.84. The molecule has 5 nitrogen and oxygen atoms in total. The van der Waals surface area contributed by atoms with Crippen LogP contribution in [0.3, 0.4) is 0 Å². The first-order valence-corrected chi connectivity index (χ1v) is 4.82. The van der Waals surface area contributed by atoms with Crippen molar-refractivity contribution in [3.8, 4) is 5.75 Å². The van der Waals surface area contributed by atoms with E-state index in [1.165, 1.54) is 13.2 Å². The molecule has 0 saturated carbocycles. The molecule has 0 aliphatic carbocycles. The van der Waals surface area contributed by atoms with E-state index in [-0.39, 0.29) is 5.57 Å². The van der Waals surface area contributed by atoms with Gasteiger partial charge >= 0.3 is 11.9 Å². The molecule has 1 aromatic rings. The number of carboxylic acid groups (broad SMARTS) is 2. The van der Waals surface area contributed by atoms with Crippen molar-refractivity contribution in [2.75, 3.05) is 7.11 Å². The van der Waals surface area contributed by atoms with Gasteiger partial charge < -0.3 is 14.9 Å². The number of carboxylic acids is 2. The smallest absolute Gasteiger partial charge is 0.332 e. The van der Waals surface area contributed by atoms with Crippen molar-refractivity contribution >= 4 is 18.0 Å². The summed E-state index contributed by atoms with van der Waals surface area (Å²) >= 11 is 0. The van der Waals surface area contributed by atoms with Gasteiger partial charge in [-0.1, -0.05) is 12.1 Å². The molecule has 2 N–H and O–H groups in total. The highest BCUT2D eigenvalue weighted by Gasteiger charge is 2.11. The molecule has 0 heterocycles. The van der Waals surface area contributed by atoms with E-state index in [2.05, 4.69) is 0 Å². The Bertz CT molecular complexity index is 462. The molecule has 17 heavy (non-hydrogen) atoms. The monoisotopic (exact) mass is 236 g/mol. The van der Waals surface area contributed by atoms with Gasteiger partial charge in [0, 0.05) is 5.57 Å². The molecule has 0 bridgehead atoms. The van der Waals surface area contributed by atoms with Crippen LogP contribution in [0.1, 0.15) is 12.0 Å². The van der Waals surface area contributed by atoms with Crippen molar-refractivity contribution in [2.24, 2.45) is 0 Å². The number of methoxy groups -OCH3 is 1. The quantitative estimate of drug-likeness (QED) is 0.759. The van der Waals surface area contributed by atoms with Crippen LogP contribution >= 0.6 is 0 Å². The lowest BCUT2D eigenvalue weighted by molar-refractivity contribution is -0.139. The summed E-state index contributed by atoms with van der Waals surface area (Å²) in [5.41, 5.74) is 0.411. The highest BCUT2D eigenvalue weighted by atomic mass is 16.5. The molecule has 0 fully saturated rings. The first-order valence-electron chi connectivity index (χ1n) is 4.82. The van der Waals surface area contributed by atoms with Crippen LogP contribution < -0.4 is 4.74 Å². The van der Waals surface area contributed by atoms with Gasteiger partial charge in [0.25, 0.3) is 0 Å². The van der Waals surface area contributed by atoms with Crippen molar-refractivity contribution in [3.05, 3.63) is 35.4 Å². The Kier molecular flexibility index (Phi) is 4.28. The standard InChI is InChI=1S/C12H12O5/c1-17-10-4-2-3-8(6-10)5-9(12(15)16)7-11(13)14/h2-6H,7H2,1H3,(H,13,14)(H,15,16)/b9-5-. The largest absolute Gasteiger partial charge is 0.497 e. The molecule has 90 valence electrons. The van der Waals surface area contributed by atoms with Gasteiger partial charge in [0.1, 0.15) is 5.75 Å². The molecule has 0 atom stereocenters. The van der Waals surface area contributed by atoms with Crippen molar-refractivity contribution in [1.29, 1.82) is 0 Å². The first kappa shape index (κ1) is 12.8. The molecular weight excluding hydrogens is 224 g/mol. The van der Waals surface area contributed by atoms with E-state index >= 15 is 0 Å². The second kappa shape index (κ2) is 5.69. The SMILES string of the molecule is COc1cccc(/C=C(/CC(=O)O)C(=O)O)c1. The summed E-state index contributed by atoms with van der Waals surface area (Å²) in [5, 5.41) is 17.4. The average Bonchev–Trinajstić information content (AvgIpc) is 2.27. The lowest BCUT2D eigenvalue weighted by Crippen LogP contribution is -2.06. The normalized spacial score (nSPS) is 11.0. The second-order valence-corrected chi connectivity index (χ2v) is 3.32. The highest BCUT2D eigenvalue weighted by molar-refractivity contribution is 5.96. The number of rotatable bonds is 5. The Balaban J connectivity index is 3.03. The van der Waals surface area contributed by atoms with E-state index in [1.54, 1.807) is 24.3 Å². The fourth-order valence-corrected chi connectivity index (χ4v) is 1.28. The molecule has 0 unspecified atom stereocenters. The number of carbonyl (C=O) groups is 2. The van der Waals surface area contributed by atoms with E-state index < -0.39 is 18.4 Å². The van der Waals surface area contributed by atoms with Gasteiger partial charge in [0.05, 0.1) is 13.5 Å². The van der Waals surface area contributed by atoms with Gasteiger partial charge in [-0.3, -0.25) is 4.79 Å². The molecule has 1 aromatic carbocycles. The van der Waals surface area contributed by atoms with Gasteiger partial charge in [-0.2, -0.15) is 0 Å². The topological polar surface area (TPSA) is 83.8 Å². The van der Waals surface area contributed by atoms with Crippen molar-refractivity contribution in [1.82, 2.24) is 0 Å². The molecule has 5 heteroatoms. The van der Waals surface area contributed by atoms with Crippen molar-refractivity contribution in [2.45, 2.75) is 6.42 Å². The third-order valence-corrected chi connectivity index (χ3v) is 2.05. The van der Waals surface area contributed by atoms with Crippen LogP contribution in [-0.4, -0.2) is 29.3 Å². The Morgan fingerprint density at radius 2 is 2.06 bits per heavy atom. The number of ether oxygens (including phenoxy) is 1. The Morgan fingerprint density at radius 3 is 2.59 bits per heavy atom. The highest BCUT2D eigenvalue weighted by Crippen LogP contribution is 2.16. The molecule has 0 aliphatic heterocycles. The molecule has 0 aromatic heterocycles. The molecule has 0 amide bonds.